The van der Waals surface area contributed by atoms with Crippen molar-refractivity contribution in [2.45, 2.75) is 24.9 Å². The smallest absolute Gasteiger partial charge is 0.337 e. The van der Waals surface area contributed by atoms with E-state index in [-0.39, 0.29) is 30.7 Å². The molecule has 0 atom stereocenters. The minimum atomic E-state index is -0.456. The van der Waals surface area contributed by atoms with Gasteiger partial charge in [0, 0.05) is 12.2 Å². The zero-order valence-corrected chi connectivity index (χ0v) is 18.8. The Labute approximate surface area is 195 Å². The van der Waals surface area contributed by atoms with Gasteiger partial charge in [-0.2, -0.15) is 0 Å². The first kappa shape index (κ1) is 24.0. The fraction of sp³-hybridized carbons (Fsp3) is 0.217. The third kappa shape index (κ3) is 6.93. The van der Waals surface area contributed by atoms with Gasteiger partial charge in [0.05, 0.1) is 36.9 Å². The molecule has 0 saturated carbocycles. The summed E-state index contributed by atoms with van der Waals surface area (Å²) in [5, 5.41) is 15.6. The maximum atomic E-state index is 12.4. The first-order chi connectivity index (χ1) is 16.0. The van der Waals surface area contributed by atoms with Gasteiger partial charge >= 0.3 is 5.97 Å². The molecule has 0 unspecified atom stereocenters. The molecule has 10 heteroatoms. The maximum Gasteiger partial charge on any atom is 0.337 e. The zero-order chi connectivity index (χ0) is 23.6. The van der Waals surface area contributed by atoms with Crippen molar-refractivity contribution in [3.63, 3.8) is 0 Å². The summed E-state index contributed by atoms with van der Waals surface area (Å²) in [4.78, 5) is 40.5. The van der Waals surface area contributed by atoms with E-state index in [2.05, 4.69) is 20.4 Å². The summed E-state index contributed by atoms with van der Waals surface area (Å²) in [6.45, 7) is 0.0857. The van der Waals surface area contributed by atoms with Crippen molar-refractivity contribution in [3.8, 4) is 0 Å². The van der Waals surface area contributed by atoms with E-state index in [9.17, 15) is 19.5 Å². The molecule has 3 N–H and O–H groups in total. The second-order valence-electron chi connectivity index (χ2n) is 6.94. The molecule has 0 radical (unpaired) electrons. The van der Waals surface area contributed by atoms with Crippen LogP contribution in [0.2, 0.25) is 0 Å². The Morgan fingerprint density at radius 1 is 1.06 bits per heavy atom. The molecule has 0 aliphatic carbocycles. The van der Waals surface area contributed by atoms with Gasteiger partial charge in [-0.3, -0.25) is 9.59 Å². The highest BCUT2D eigenvalue weighted by Gasteiger charge is 2.15. The van der Waals surface area contributed by atoms with Gasteiger partial charge in [0.2, 0.25) is 11.8 Å². The Morgan fingerprint density at radius 2 is 1.79 bits per heavy atom. The first-order valence-corrected chi connectivity index (χ1v) is 11.1. The van der Waals surface area contributed by atoms with Crippen LogP contribution in [-0.4, -0.2) is 45.3 Å². The third-order valence-corrected chi connectivity index (χ3v) is 5.61. The van der Waals surface area contributed by atoms with Gasteiger partial charge in [-0.1, -0.05) is 42.1 Å². The average Bonchev–Trinajstić information content (AvgIpc) is 3.23. The second-order valence-corrected chi connectivity index (χ2v) is 7.89. The molecule has 0 aliphatic rings. The number of aromatic nitrogens is 2. The molecule has 172 valence electrons. The van der Waals surface area contributed by atoms with Gasteiger partial charge in [0.15, 0.2) is 5.16 Å². The van der Waals surface area contributed by atoms with Gasteiger partial charge in [0.1, 0.15) is 6.54 Å². The Balaban J connectivity index is 1.55. The lowest BCUT2D eigenvalue weighted by Crippen LogP contribution is -2.28. The number of aliphatic hydroxyl groups is 1. The number of anilines is 1. The van der Waals surface area contributed by atoms with Crippen LogP contribution in [-0.2, 0) is 34.0 Å². The summed E-state index contributed by atoms with van der Waals surface area (Å²) in [6, 6.07) is 15.9. The standard InChI is InChI=1S/C23H24N4O5S/c1-32-22(31)17-7-9-18(10-8-17)26-21(30)15-33-23-25-12-19(14-28)27(23)13-20(29)24-11-16-5-3-2-4-6-16/h2-10,12,28H,11,13-15H2,1H3,(H,24,29)(H,26,30). The van der Waals surface area contributed by atoms with Crippen molar-refractivity contribution < 1.29 is 24.2 Å². The lowest BCUT2D eigenvalue weighted by atomic mass is 10.2. The number of esters is 1. The lowest BCUT2D eigenvalue weighted by Gasteiger charge is -2.11. The van der Waals surface area contributed by atoms with Crippen LogP contribution in [0.3, 0.4) is 0 Å². The van der Waals surface area contributed by atoms with E-state index in [0.717, 1.165) is 17.3 Å². The number of hydrogen-bond acceptors (Lipinski definition) is 7. The van der Waals surface area contributed by atoms with Crippen LogP contribution in [0.15, 0.2) is 66.0 Å². The summed E-state index contributed by atoms with van der Waals surface area (Å²) in [5.41, 5.74) is 2.37. The molecule has 0 spiro atoms. The van der Waals surface area contributed by atoms with Crippen LogP contribution < -0.4 is 10.6 Å². The van der Waals surface area contributed by atoms with Crippen molar-refractivity contribution in [1.29, 1.82) is 0 Å². The van der Waals surface area contributed by atoms with Gasteiger partial charge in [-0.05, 0) is 29.8 Å². The van der Waals surface area contributed by atoms with Crippen LogP contribution in [0.4, 0.5) is 5.69 Å². The van der Waals surface area contributed by atoms with Crippen LogP contribution >= 0.6 is 11.8 Å². The summed E-state index contributed by atoms with van der Waals surface area (Å²) in [6.07, 6.45) is 1.48. The largest absolute Gasteiger partial charge is 0.465 e. The number of rotatable bonds is 10. The lowest BCUT2D eigenvalue weighted by molar-refractivity contribution is -0.122. The Bertz CT molecular complexity index is 1100. The molecule has 0 bridgehead atoms. The van der Waals surface area contributed by atoms with Crippen LogP contribution in [0.25, 0.3) is 0 Å². The average molecular weight is 469 g/mol. The number of nitrogens with one attached hydrogen (secondary N) is 2. The Hall–Kier alpha value is -3.63. The summed E-state index contributed by atoms with van der Waals surface area (Å²) in [5.74, 6) is -0.919. The topological polar surface area (TPSA) is 123 Å². The number of benzene rings is 2. The van der Waals surface area contributed by atoms with E-state index in [0.29, 0.717) is 28.6 Å². The molecule has 9 nitrogen and oxygen atoms in total. The molecule has 3 rings (SSSR count). The fourth-order valence-corrected chi connectivity index (χ4v) is 3.73. The predicted octanol–water partition coefficient (Wildman–Crippen LogP) is 2.21. The fourth-order valence-electron chi connectivity index (χ4n) is 2.93. The van der Waals surface area contributed by atoms with Crippen LogP contribution in [0.1, 0.15) is 21.6 Å². The van der Waals surface area contributed by atoms with Crippen molar-refractivity contribution in [3.05, 3.63) is 77.6 Å². The number of aliphatic hydroxyl groups excluding tert-OH is 1. The van der Waals surface area contributed by atoms with Crippen molar-refractivity contribution in [2.24, 2.45) is 0 Å². The summed E-state index contributed by atoms with van der Waals surface area (Å²) >= 11 is 1.15. The Morgan fingerprint density at radius 3 is 2.45 bits per heavy atom. The zero-order valence-electron chi connectivity index (χ0n) is 18.0. The number of carbonyl (C=O) groups is 3. The summed E-state index contributed by atoms with van der Waals surface area (Å²) < 4.78 is 6.23. The molecule has 0 fully saturated rings. The molecule has 33 heavy (non-hydrogen) atoms. The molecule has 0 aliphatic heterocycles. The van der Waals surface area contributed by atoms with Gasteiger partial charge in [-0.25, -0.2) is 9.78 Å². The SMILES string of the molecule is COC(=O)c1ccc(NC(=O)CSc2ncc(CO)n2CC(=O)NCc2ccccc2)cc1. The van der Waals surface area contributed by atoms with Gasteiger partial charge in [-0.15, -0.1) is 0 Å². The van der Waals surface area contributed by atoms with Gasteiger partial charge in [0.25, 0.3) is 0 Å². The molecule has 2 aromatic carbocycles. The van der Waals surface area contributed by atoms with Crippen LogP contribution in [0, 0.1) is 0 Å². The second kappa shape index (κ2) is 11.8. The number of hydrogen-bond donors (Lipinski definition) is 3. The number of carbonyl (C=O) groups excluding carboxylic acids is 3. The number of amides is 2. The monoisotopic (exact) mass is 468 g/mol. The van der Waals surface area contributed by atoms with Crippen molar-refractivity contribution in [2.75, 3.05) is 18.2 Å². The van der Waals surface area contributed by atoms with E-state index >= 15 is 0 Å². The molecule has 0 saturated heterocycles. The van der Waals surface area contributed by atoms with E-state index < -0.39 is 5.97 Å². The number of ether oxygens (including phenoxy) is 1. The van der Waals surface area contributed by atoms with E-state index in [1.807, 2.05) is 30.3 Å². The molecule has 3 aromatic rings. The highest BCUT2D eigenvalue weighted by Crippen LogP contribution is 2.20. The summed E-state index contributed by atoms with van der Waals surface area (Å²) in [7, 11) is 1.30. The van der Waals surface area contributed by atoms with Gasteiger partial charge < -0.3 is 25.0 Å². The van der Waals surface area contributed by atoms with Crippen molar-refractivity contribution >= 4 is 35.2 Å². The number of imidazole rings is 1. The minimum absolute atomic E-state index is 0.0261. The first-order valence-electron chi connectivity index (χ1n) is 10.1. The minimum Gasteiger partial charge on any atom is -0.465 e. The highest BCUT2D eigenvalue weighted by atomic mass is 32.2. The number of nitrogens with zero attached hydrogens (tertiary/aromatic N) is 2. The van der Waals surface area contributed by atoms with Crippen LogP contribution in [0.5, 0.6) is 0 Å². The molecule has 2 amide bonds. The van der Waals surface area contributed by atoms with E-state index in [4.69, 9.17) is 0 Å². The number of thioether (sulfide) groups is 1. The molecular weight excluding hydrogens is 444 g/mol. The molecular formula is C23H24N4O5S. The number of methoxy groups -OCH3 is 1. The molecule has 1 heterocycles. The normalized spacial score (nSPS) is 10.5. The molecule has 1 aromatic heterocycles. The van der Waals surface area contributed by atoms with E-state index in [1.165, 1.54) is 13.3 Å². The quantitative estimate of drug-likeness (QED) is 0.308. The Kier molecular flexibility index (Phi) is 8.62. The highest BCUT2D eigenvalue weighted by molar-refractivity contribution is 7.99. The maximum absolute atomic E-state index is 12.4. The third-order valence-electron chi connectivity index (χ3n) is 4.62. The van der Waals surface area contributed by atoms with E-state index in [1.54, 1.807) is 28.8 Å². The predicted molar refractivity (Wildman–Crippen MR) is 124 cm³/mol. The van der Waals surface area contributed by atoms with Crippen molar-refractivity contribution in [1.82, 2.24) is 14.9 Å².